The van der Waals surface area contributed by atoms with Gasteiger partial charge < -0.3 is 5.32 Å². The van der Waals surface area contributed by atoms with Gasteiger partial charge in [-0.15, -0.1) is 10.2 Å². The van der Waals surface area contributed by atoms with E-state index in [0.717, 1.165) is 11.3 Å². The second-order valence-electron chi connectivity index (χ2n) is 5.45. The standard InChI is InChI=1S/C17H16ClN5OS/c1-11-5-6-14(12(2)8-11)23-10-20-22-17(23)25-9-15(24)21-13-4-3-7-19-16(13)18/h3-8,10H,9H2,1-2H3,(H,21,24). The SMILES string of the molecule is Cc1ccc(-n2cnnc2SCC(=O)Nc2cccnc2Cl)c(C)c1. The molecule has 8 heteroatoms. The van der Waals surface area contributed by atoms with Crippen molar-refractivity contribution in [3.05, 3.63) is 59.1 Å². The lowest BCUT2D eigenvalue weighted by atomic mass is 10.1. The van der Waals surface area contributed by atoms with Crippen LogP contribution in [0.3, 0.4) is 0 Å². The molecule has 0 unspecified atom stereocenters. The number of hydrogen-bond donors (Lipinski definition) is 1. The fourth-order valence-corrected chi connectivity index (χ4v) is 3.25. The van der Waals surface area contributed by atoms with Gasteiger partial charge in [0.1, 0.15) is 6.33 Å². The highest BCUT2D eigenvalue weighted by Crippen LogP contribution is 2.23. The van der Waals surface area contributed by atoms with E-state index in [1.54, 1.807) is 24.7 Å². The van der Waals surface area contributed by atoms with Crippen molar-refractivity contribution in [1.82, 2.24) is 19.7 Å². The zero-order valence-electron chi connectivity index (χ0n) is 13.7. The Morgan fingerprint density at radius 3 is 2.92 bits per heavy atom. The lowest BCUT2D eigenvalue weighted by molar-refractivity contribution is -0.113. The number of amides is 1. The molecule has 1 amide bonds. The Kier molecular flexibility index (Phi) is 5.35. The maximum Gasteiger partial charge on any atom is 0.234 e. The van der Waals surface area contributed by atoms with Crippen molar-refractivity contribution in [3.63, 3.8) is 0 Å². The van der Waals surface area contributed by atoms with Gasteiger partial charge in [0.05, 0.1) is 17.1 Å². The van der Waals surface area contributed by atoms with Crippen molar-refractivity contribution in [1.29, 1.82) is 0 Å². The molecule has 2 aromatic heterocycles. The van der Waals surface area contributed by atoms with Crippen molar-refractivity contribution in [3.8, 4) is 5.69 Å². The Balaban J connectivity index is 1.69. The first kappa shape index (κ1) is 17.4. The smallest absolute Gasteiger partial charge is 0.234 e. The summed E-state index contributed by atoms with van der Waals surface area (Å²) in [6.07, 6.45) is 3.22. The predicted octanol–water partition coefficient (Wildman–Crippen LogP) is 3.66. The first-order chi connectivity index (χ1) is 12.0. The number of rotatable bonds is 5. The molecule has 0 aliphatic rings. The lowest BCUT2D eigenvalue weighted by Gasteiger charge is -2.10. The number of carbonyl (C=O) groups is 1. The first-order valence-corrected chi connectivity index (χ1v) is 8.92. The van der Waals surface area contributed by atoms with Crippen LogP contribution in [-0.2, 0) is 4.79 Å². The number of anilines is 1. The number of carbonyl (C=O) groups excluding carboxylic acids is 1. The zero-order chi connectivity index (χ0) is 17.8. The van der Waals surface area contributed by atoms with Gasteiger partial charge in [-0.25, -0.2) is 4.98 Å². The Labute approximate surface area is 154 Å². The molecule has 0 aliphatic heterocycles. The summed E-state index contributed by atoms with van der Waals surface area (Å²) in [7, 11) is 0. The fraction of sp³-hybridized carbons (Fsp3) is 0.176. The van der Waals surface area contributed by atoms with E-state index in [1.165, 1.54) is 17.3 Å². The van der Waals surface area contributed by atoms with Crippen LogP contribution in [0, 0.1) is 13.8 Å². The first-order valence-electron chi connectivity index (χ1n) is 7.55. The van der Waals surface area contributed by atoms with Crippen LogP contribution in [0.5, 0.6) is 0 Å². The van der Waals surface area contributed by atoms with E-state index < -0.39 is 0 Å². The third-order valence-corrected chi connectivity index (χ3v) is 4.74. The maximum atomic E-state index is 12.1. The average molecular weight is 374 g/mol. The van der Waals surface area contributed by atoms with E-state index in [4.69, 9.17) is 11.6 Å². The molecule has 3 rings (SSSR count). The van der Waals surface area contributed by atoms with E-state index in [9.17, 15) is 4.79 Å². The molecule has 0 radical (unpaired) electrons. The quantitative estimate of drug-likeness (QED) is 0.545. The molecule has 128 valence electrons. The van der Waals surface area contributed by atoms with Crippen LogP contribution >= 0.6 is 23.4 Å². The van der Waals surface area contributed by atoms with Gasteiger partial charge in [-0.3, -0.25) is 9.36 Å². The number of nitrogens with one attached hydrogen (secondary N) is 1. The Morgan fingerprint density at radius 2 is 2.16 bits per heavy atom. The summed E-state index contributed by atoms with van der Waals surface area (Å²) in [4.78, 5) is 16.1. The summed E-state index contributed by atoms with van der Waals surface area (Å²) in [6, 6.07) is 9.57. The zero-order valence-corrected chi connectivity index (χ0v) is 15.3. The van der Waals surface area contributed by atoms with Gasteiger partial charge in [0.25, 0.3) is 0 Å². The van der Waals surface area contributed by atoms with Crippen LogP contribution in [0.2, 0.25) is 5.15 Å². The lowest BCUT2D eigenvalue weighted by Crippen LogP contribution is -2.15. The monoisotopic (exact) mass is 373 g/mol. The number of halogens is 1. The molecular formula is C17H16ClN5OS. The van der Waals surface area contributed by atoms with E-state index in [2.05, 4.69) is 26.6 Å². The largest absolute Gasteiger partial charge is 0.323 e. The van der Waals surface area contributed by atoms with E-state index in [-0.39, 0.29) is 16.8 Å². The van der Waals surface area contributed by atoms with Crippen molar-refractivity contribution in [2.24, 2.45) is 0 Å². The number of hydrogen-bond acceptors (Lipinski definition) is 5. The summed E-state index contributed by atoms with van der Waals surface area (Å²) < 4.78 is 1.88. The van der Waals surface area contributed by atoms with Gasteiger partial charge in [0.2, 0.25) is 5.91 Å². The number of aromatic nitrogens is 4. The summed E-state index contributed by atoms with van der Waals surface area (Å²) in [5.41, 5.74) is 3.80. The molecule has 3 aromatic rings. The van der Waals surface area contributed by atoms with Crippen LogP contribution in [0.1, 0.15) is 11.1 Å². The highest BCUT2D eigenvalue weighted by atomic mass is 35.5. The van der Waals surface area contributed by atoms with Gasteiger partial charge in [-0.1, -0.05) is 41.1 Å². The normalized spacial score (nSPS) is 10.7. The van der Waals surface area contributed by atoms with Crippen molar-refractivity contribution in [2.45, 2.75) is 19.0 Å². The van der Waals surface area contributed by atoms with Crippen LogP contribution in [0.4, 0.5) is 5.69 Å². The van der Waals surface area contributed by atoms with Crippen LogP contribution in [0.15, 0.2) is 48.0 Å². The molecule has 0 aliphatic carbocycles. The molecule has 1 N–H and O–H groups in total. The van der Waals surface area contributed by atoms with Crippen molar-refractivity contribution in [2.75, 3.05) is 11.1 Å². The number of aryl methyl sites for hydroxylation is 2. The summed E-state index contributed by atoms with van der Waals surface area (Å²) in [6.45, 7) is 4.08. The Morgan fingerprint density at radius 1 is 1.32 bits per heavy atom. The highest BCUT2D eigenvalue weighted by molar-refractivity contribution is 7.99. The van der Waals surface area contributed by atoms with Gasteiger partial charge in [-0.2, -0.15) is 0 Å². The molecule has 0 saturated carbocycles. The average Bonchev–Trinajstić information content (AvgIpc) is 3.03. The molecule has 6 nitrogen and oxygen atoms in total. The minimum Gasteiger partial charge on any atom is -0.323 e. The molecule has 0 spiro atoms. The molecule has 0 bridgehead atoms. The number of pyridine rings is 1. The molecule has 2 heterocycles. The topological polar surface area (TPSA) is 72.7 Å². The fourth-order valence-electron chi connectivity index (χ4n) is 2.36. The van der Waals surface area contributed by atoms with Gasteiger partial charge in [0.15, 0.2) is 10.3 Å². The number of nitrogens with zero attached hydrogens (tertiary/aromatic N) is 4. The Hall–Kier alpha value is -2.38. The molecule has 25 heavy (non-hydrogen) atoms. The third-order valence-electron chi connectivity index (χ3n) is 3.49. The van der Waals surface area contributed by atoms with Gasteiger partial charge in [0, 0.05) is 6.20 Å². The number of thioether (sulfide) groups is 1. The van der Waals surface area contributed by atoms with Crippen molar-refractivity contribution < 1.29 is 4.79 Å². The predicted molar refractivity (Wildman–Crippen MR) is 99.4 cm³/mol. The van der Waals surface area contributed by atoms with E-state index >= 15 is 0 Å². The molecule has 0 fully saturated rings. The molecule has 1 aromatic carbocycles. The Bertz CT molecular complexity index is 912. The van der Waals surface area contributed by atoms with Gasteiger partial charge in [-0.05, 0) is 37.6 Å². The van der Waals surface area contributed by atoms with Crippen LogP contribution in [-0.4, -0.2) is 31.4 Å². The minimum absolute atomic E-state index is 0.185. The third kappa shape index (κ3) is 4.18. The highest BCUT2D eigenvalue weighted by Gasteiger charge is 2.12. The minimum atomic E-state index is -0.185. The van der Waals surface area contributed by atoms with E-state index in [0.29, 0.717) is 10.8 Å². The second-order valence-corrected chi connectivity index (χ2v) is 6.75. The van der Waals surface area contributed by atoms with Crippen molar-refractivity contribution >= 4 is 35.0 Å². The summed E-state index contributed by atoms with van der Waals surface area (Å²) >= 11 is 7.25. The molecule has 0 saturated heterocycles. The summed E-state index contributed by atoms with van der Waals surface area (Å²) in [5.74, 6) is 0.00420. The maximum absolute atomic E-state index is 12.1. The number of benzene rings is 1. The second kappa shape index (κ2) is 7.67. The molecular weight excluding hydrogens is 358 g/mol. The van der Waals surface area contributed by atoms with Gasteiger partial charge >= 0.3 is 0 Å². The van der Waals surface area contributed by atoms with Crippen LogP contribution < -0.4 is 5.32 Å². The van der Waals surface area contributed by atoms with Crippen LogP contribution in [0.25, 0.3) is 5.69 Å². The summed E-state index contributed by atoms with van der Waals surface area (Å²) in [5, 5.41) is 11.7. The molecule has 0 atom stereocenters. The van der Waals surface area contributed by atoms with E-state index in [1.807, 2.05) is 30.5 Å².